The van der Waals surface area contributed by atoms with E-state index in [1.807, 2.05) is 41.6 Å². The van der Waals surface area contributed by atoms with Crippen molar-refractivity contribution in [3.63, 3.8) is 0 Å². The second-order valence-electron chi connectivity index (χ2n) is 5.17. The lowest BCUT2D eigenvalue weighted by atomic mass is 10.1. The summed E-state index contributed by atoms with van der Waals surface area (Å²) in [5.74, 6) is 0. The van der Waals surface area contributed by atoms with E-state index in [0.717, 1.165) is 22.5 Å². The SMILES string of the molecule is CC(C)n1cc(NCc2cn[nH]c2-c2cccnc2)cn1. The standard InChI is InChI=1S/C15H18N6/c1-11(2)21-10-14(9-19-21)17-7-13-8-18-20-15(13)12-4-3-5-16-6-12/h3-6,8-11,17H,7H2,1-2H3,(H,18,20). The Morgan fingerprint density at radius 3 is 2.90 bits per heavy atom. The Labute approximate surface area is 123 Å². The quantitative estimate of drug-likeness (QED) is 0.755. The van der Waals surface area contributed by atoms with Crippen LogP contribution in [0.4, 0.5) is 5.69 Å². The van der Waals surface area contributed by atoms with Crippen LogP contribution in [0.1, 0.15) is 25.5 Å². The third-order valence-corrected chi connectivity index (χ3v) is 3.28. The van der Waals surface area contributed by atoms with Crippen LogP contribution in [0.15, 0.2) is 43.1 Å². The van der Waals surface area contributed by atoms with E-state index in [-0.39, 0.29) is 0 Å². The van der Waals surface area contributed by atoms with Gasteiger partial charge in [0.05, 0.1) is 23.8 Å². The first-order chi connectivity index (χ1) is 10.2. The van der Waals surface area contributed by atoms with Gasteiger partial charge in [0.15, 0.2) is 0 Å². The fraction of sp³-hybridized carbons (Fsp3) is 0.267. The highest BCUT2D eigenvalue weighted by Crippen LogP contribution is 2.21. The Bertz CT molecular complexity index is 698. The topological polar surface area (TPSA) is 71.4 Å². The molecule has 0 spiro atoms. The van der Waals surface area contributed by atoms with Gasteiger partial charge in [0.25, 0.3) is 0 Å². The van der Waals surface area contributed by atoms with E-state index in [2.05, 4.69) is 39.4 Å². The summed E-state index contributed by atoms with van der Waals surface area (Å²) in [5, 5.41) is 14.8. The molecule has 0 aliphatic heterocycles. The van der Waals surface area contributed by atoms with E-state index in [1.54, 1.807) is 6.20 Å². The van der Waals surface area contributed by atoms with Gasteiger partial charge in [0, 0.05) is 42.3 Å². The Hall–Kier alpha value is -2.63. The second kappa shape index (κ2) is 5.78. The van der Waals surface area contributed by atoms with Crippen molar-refractivity contribution in [2.75, 3.05) is 5.32 Å². The minimum absolute atomic E-state index is 0.362. The van der Waals surface area contributed by atoms with E-state index >= 15 is 0 Å². The molecular formula is C15H18N6. The largest absolute Gasteiger partial charge is 0.378 e. The number of anilines is 1. The summed E-state index contributed by atoms with van der Waals surface area (Å²) >= 11 is 0. The lowest BCUT2D eigenvalue weighted by Gasteiger charge is -2.05. The summed E-state index contributed by atoms with van der Waals surface area (Å²) in [6.45, 7) is 4.89. The van der Waals surface area contributed by atoms with Crippen LogP contribution in [-0.2, 0) is 6.54 Å². The van der Waals surface area contributed by atoms with Crippen molar-refractivity contribution in [1.29, 1.82) is 0 Å². The maximum absolute atomic E-state index is 4.32. The number of nitrogens with one attached hydrogen (secondary N) is 2. The third-order valence-electron chi connectivity index (χ3n) is 3.28. The molecule has 0 fully saturated rings. The first-order valence-electron chi connectivity index (χ1n) is 6.94. The lowest BCUT2D eigenvalue weighted by Crippen LogP contribution is -2.01. The summed E-state index contributed by atoms with van der Waals surface area (Å²) in [4.78, 5) is 4.14. The Morgan fingerprint density at radius 1 is 1.29 bits per heavy atom. The minimum Gasteiger partial charge on any atom is -0.378 e. The van der Waals surface area contributed by atoms with Gasteiger partial charge in [-0.3, -0.25) is 14.8 Å². The summed E-state index contributed by atoms with van der Waals surface area (Å²) in [6, 6.07) is 4.29. The second-order valence-corrected chi connectivity index (χ2v) is 5.17. The van der Waals surface area contributed by atoms with Gasteiger partial charge in [0.2, 0.25) is 0 Å². The molecule has 0 aliphatic rings. The van der Waals surface area contributed by atoms with E-state index in [4.69, 9.17) is 0 Å². The molecule has 0 unspecified atom stereocenters. The number of hydrogen-bond donors (Lipinski definition) is 2. The average molecular weight is 282 g/mol. The summed E-state index contributed by atoms with van der Waals surface area (Å²) < 4.78 is 1.93. The Kier molecular flexibility index (Phi) is 3.68. The van der Waals surface area contributed by atoms with Crippen molar-refractivity contribution in [3.8, 4) is 11.3 Å². The van der Waals surface area contributed by atoms with Gasteiger partial charge < -0.3 is 5.32 Å². The van der Waals surface area contributed by atoms with Crippen molar-refractivity contribution in [2.24, 2.45) is 0 Å². The summed E-state index contributed by atoms with van der Waals surface area (Å²) in [6.07, 6.45) is 9.27. The zero-order chi connectivity index (χ0) is 14.7. The Balaban J connectivity index is 1.73. The highest BCUT2D eigenvalue weighted by Gasteiger charge is 2.08. The van der Waals surface area contributed by atoms with Crippen LogP contribution < -0.4 is 5.32 Å². The summed E-state index contributed by atoms with van der Waals surface area (Å²) in [5.41, 5.74) is 4.12. The van der Waals surface area contributed by atoms with Crippen molar-refractivity contribution in [1.82, 2.24) is 25.0 Å². The number of pyridine rings is 1. The monoisotopic (exact) mass is 282 g/mol. The van der Waals surface area contributed by atoms with Crippen molar-refractivity contribution in [2.45, 2.75) is 26.4 Å². The predicted octanol–water partition coefficient (Wildman–Crippen LogP) is 2.86. The van der Waals surface area contributed by atoms with Crippen LogP contribution in [0.25, 0.3) is 11.3 Å². The molecule has 3 aromatic heterocycles. The average Bonchev–Trinajstić information content (AvgIpc) is 3.15. The molecule has 2 N–H and O–H groups in total. The molecule has 3 rings (SSSR count). The molecule has 3 aromatic rings. The van der Waals surface area contributed by atoms with Crippen LogP contribution in [0.5, 0.6) is 0 Å². The first-order valence-corrected chi connectivity index (χ1v) is 6.94. The minimum atomic E-state index is 0.362. The van der Waals surface area contributed by atoms with Gasteiger partial charge in [-0.05, 0) is 26.0 Å². The molecule has 6 heteroatoms. The van der Waals surface area contributed by atoms with Gasteiger partial charge in [-0.15, -0.1) is 0 Å². The van der Waals surface area contributed by atoms with E-state index in [9.17, 15) is 0 Å². The first kappa shape index (κ1) is 13.4. The smallest absolute Gasteiger partial charge is 0.0729 e. The molecule has 6 nitrogen and oxygen atoms in total. The molecule has 0 amide bonds. The summed E-state index contributed by atoms with van der Waals surface area (Å²) in [7, 11) is 0. The fourth-order valence-electron chi connectivity index (χ4n) is 2.11. The normalized spacial score (nSPS) is 11.0. The van der Waals surface area contributed by atoms with Gasteiger partial charge in [0.1, 0.15) is 0 Å². The number of rotatable bonds is 5. The van der Waals surface area contributed by atoms with Crippen LogP contribution in [-0.4, -0.2) is 25.0 Å². The van der Waals surface area contributed by atoms with E-state index < -0.39 is 0 Å². The van der Waals surface area contributed by atoms with E-state index in [0.29, 0.717) is 12.6 Å². The lowest BCUT2D eigenvalue weighted by molar-refractivity contribution is 0.532. The molecule has 108 valence electrons. The molecule has 21 heavy (non-hydrogen) atoms. The van der Waals surface area contributed by atoms with Crippen molar-refractivity contribution >= 4 is 5.69 Å². The predicted molar refractivity (Wildman–Crippen MR) is 81.8 cm³/mol. The van der Waals surface area contributed by atoms with Crippen LogP contribution in [0, 0.1) is 0 Å². The number of nitrogens with zero attached hydrogens (tertiary/aromatic N) is 4. The molecular weight excluding hydrogens is 264 g/mol. The zero-order valence-corrected chi connectivity index (χ0v) is 12.1. The van der Waals surface area contributed by atoms with Gasteiger partial charge in [-0.1, -0.05) is 0 Å². The third kappa shape index (κ3) is 2.94. The highest BCUT2D eigenvalue weighted by atomic mass is 15.3. The molecule has 0 saturated heterocycles. The molecule has 0 saturated carbocycles. The highest BCUT2D eigenvalue weighted by molar-refractivity contribution is 5.61. The molecule has 0 aliphatic carbocycles. The number of aromatic nitrogens is 5. The van der Waals surface area contributed by atoms with Crippen LogP contribution in [0.2, 0.25) is 0 Å². The van der Waals surface area contributed by atoms with Gasteiger partial charge >= 0.3 is 0 Å². The molecule has 0 aromatic carbocycles. The van der Waals surface area contributed by atoms with Gasteiger partial charge in [-0.2, -0.15) is 10.2 Å². The van der Waals surface area contributed by atoms with Crippen molar-refractivity contribution < 1.29 is 0 Å². The molecule has 0 atom stereocenters. The fourth-order valence-corrected chi connectivity index (χ4v) is 2.11. The number of H-pyrrole nitrogens is 1. The van der Waals surface area contributed by atoms with Gasteiger partial charge in [-0.25, -0.2) is 0 Å². The molecule has 3 heterocycles. The van der Waals surface area contributed by atoms with Crippen LogP contribution in [0.3, 0.4) is 0 Å². The van der Waals surface area contributed by atoms with E-state index in [1.165, 1.54) is 0 Å². The van der Waals surface area contributed by atoms with Crippen LogP contribution >= 0.6 is 0 Å². The zero-order valence-electron chi connectivity index (χ0n) is 12.1. The maximum atomic E-state index is 4.32. The molecule has 0 bridgehead atoms. The van der Waals surface area contributed by atoms with Crippen molar-refractivity contribution in [3.05, 3.63) is 48.7 Å². The molecule has 0 radical (unpaired) electrons. The Morgan fingerprint density at radius 2 is 2.19 bits per heavy atom. The number of aromatic amines is 1. The maximum Gasteiger partial charge on any atom is 0.0729 e. The number of hydrogen-bond acceptors (Lipinski definition) is 4.